The number of ether oxygens (including phenoxy) is 4. The molecule has 0 radical (unpaired) electrons. The number of carbonyl (C=O) groups excluding carboxylic acids is 1. The molecular formula is C23H27N3O7S. The Labute approximate surface area is 198 Å². The fraction of sp³-hybridized carbons (Fsp3) is 0.435. The first-order valence-corrected chi connectivity index (χ1v) is 13.0. The Morgan fingerprint density at radius 2 is 1.53 bits per heavy atom. The van der Waals surface area contributed by atoms with Crippen LogP contribution in [0.3, 0.4) is 0 Å². The van der Waals surface area contributed by atoms with Crippen LogP contribution in [0.1, 0.15) is 5.56 Å². The molecule has 1 saturated heterocycles. The number of sulfonamides is 1. The lowest BCUT2D eigenvalue weighted by atomic mass is 10.1. The predicted molar refractivity (Wildman–Crippen MR) is 124 cm³/mol. The van der Waals surface area contributed by atoms with Gasteiger partial charge in [-0.2, -0.15) is 0 Å². The quantitative estimate of drug-likeness (QED) is 0.599. The van der Waals surface area contributed by atoms with E-state index in [0.29, 0.717) is 56.6 Å². The Morgan fingerprint density at radius 1 is 0.882 bits per heavy atom. The largest absolute Gasteiger partial charge is 0.486 e. The van der Waals surface area contributed by atoms with Gasteiger partial charge >= 0.3 is 0 Å². The maximum atomic E-state index is 13.0. The smallest absolute Gasteiger partial charge is 0.243 e. The van der Waals surface area contributed by atoms with Crippen molar-refractivity contribution < 1.29 is 32.2 Å². The summed E-state index contributed by atoms with van der Waals surface area (Å²) in [7, 11) is -3.68. The summed E-state index contributed by atoms with van der Waals surface area (Å²) in [6.45, 7) is 4.02. The number of carbonyl (C=O) groups is 1. The van der Waals surface area contributed by atoms with E-state index >= 15 is 0 Å². The number of benzene rings is 2. The lowest BCUT2D eigenvalue weighted by molar-refractivity contribution is -0.131. The highest BCUT2D eigenvalue weighted by atomic mass is 32.2. The van der Waals surface area contributed by atoms with Crippen molar-refractivity contribution in [3.63, 3.8) is 0 Å². The summed E-state index contributed by atoms with van der Waals surface area (Å²) in [4.78, 5) is 17.0. The topological polar surface area (TPSA) is 97.9 Å². The van der Waals surface area contributed by atoms with Crippen molar-refractivity contribution in [1.82, 2.24) is 9.80 Å². The zero-order valence-corrected chi connectivity index (χ0v) is 19.8. The van der Waals surface area contributed by atoms with Crippen LogP contribution in [0.25, 0.3) is 0 Å². The van der Waals surface area contributed by atoms with Gasteiger partial charge in [-0.05, 0) is 29.8 Å². The fourth-order valence-corrected chi connectivity index (χ4v) is 5.10. The van der Waals surface area contributed by atoms with Gasteiger partial charge in [0.1, 0.15) is 19.8 Å². The summed E-state index contributed by atoms with van der Waals surface area (Å²) >= 11 is 0. The molecule has 10 nitrogen and oxygen atoms in total. The molecule has 3 heterocycles. The van der Waals surface area contributed by atoms with Crippen LogP contribution in [0.4, 0.5) is 5.69 Å². The van der Waals surface area contributed by atoms with E-state index in [1.165, 1.54) is 0 Å². The molecule has 0 unspecified atom stereocenters. The summed E-state index contributed by atoms with van der Waals surface area (Å²) in [6.07, 6.45) is 1.10. The minimum Gasteiger partial charge on any atom is -0.486 e. The van der Waals surface area contributed by atoms with Crippen LogP contribution < -0.4 is 23.3 Å². The Balaban J connectivity index is 1.20. The van der Waals surface area contributed by atoms with Gasteiger partial charge < -0.3 is 23.8 Å². The second-order valence-electron chi connectivity index (χ2n) is 8.44. The summed E-state index contributed by atoms with van der Waals surface area (Å²) < 4.78 is 48.0. The molecule has 3 aliphatic heterocycles. The summed E-state index contributed by atoms with van der Waals surface area (Å²) in [6, 6.07) is 10.8. The van der Waals surface area contributed by atoms with Crippen molar-refractivity contribution in [2.45, 2.75) is 6.54 Å². The second kappa shape index (κ2) is 9.22. The molecule has 0 aromatic heterocycles. The minimum absolute atomic E-state index is 0.233. The van der Waals surface area contributed by atoms with Crippen LogP contribution in [0.5, 0.6) is 23.0 Å². The molecule has 2 aromatic rings. The average Bonchev–Trinajstić information content (AvgIpc) is 3.30. The van der Waals surface area contributed by atoms with Gasteiger partial charge in [-0.25, -0.2) is 8.42 Å². The molecule has 2 aromatic carbocycles. The van der Waals surface area contributed by atoms with E-state index in [1.54, 1.807) is 23.1 Å². The van der Waals surface area contributed by atoms with Crippen molar-refractivity contribution >= 4 is 21.6 Å². The first kappa shape index (κ1) is 22.6. The van der Waals surface area contributed by atoms with Crippen LogP contribution in [-0.2, 0) is 21.4 Å². The number of hydrogen-bond acceptors (Lipinski definition) is 8. The molecule has 0 spiro atoms. The standard InChI is InChI=1S/C23H27N3O7S/c1-34(28,29)26(18-3-5-19-22(13-18)31-11-10-30-19)15-23(27)25-8-6-24(7-9-25)14-17-2-4-20-21(12-17)33-16-32-20/h2-5,12-13H,6-11,14-16H2,1H3. The minimum atomic E-state index is -3.68. The molecule has 0 atom stereocenters. The van der Waals surface area contributed by atoms with Crippen LogP contribution >= 0.6 is 0 Å². The molecule has 182 valence electrons. The molecule has 1 fully saturated rings. The predicted octanol–water partition coefficient (Wildman–Crippen LogP) is 1.30. The van der Waals surface area contributed by atoms with Gasteiger partial charge in [-0.15, -0.1) is 0 Å². The highest BCUT2D eigenvalue weighted by Crippen LogP contribution is 2.35. The molecule has 11 heteroatoms. The number of fused-ring (bicyclic) bond motifs is 2. The molecule has 34 heavy (non-hydrogen) atoms. The Kier molecular flexibility index (Phi) is 6.13. The molecular weight excluding hydrogens is 462 g/mol. The van der Waals surface area contributed by atoms with Gasteiger partial charge in [0.05, 0.1) is 11.9 Å². The summed E-state index contributed by atoms with van der Waals surface area (Å²) in [5.41, 5.74) is 1.49. The zero-order valence-electron chi connectivity index (χ0n) is 18.9. The molecule has 0 N–H and O–H groups in total. The number of nitrogens with zero attached hydrogens (tertiary/aromatic N) is 3. The molecule has 0 bridgehead atoms. The summed E-state index contributed by atoms with van der Waals surface area (Å²) in [5.74, 6) is 2.32. The van der Waals surface area contributed by atoms with Crippen LogP contribution in [-0.4, -0.2) is 83.1 Å². The highest BCUT2D eigenvalue weighted by Gasteiger charge is 2.28. The normalized spacial score (nSPS) is 17.5. The van der Waals surface area contributed by atoms with E-state index in [2.05, 4.69) is 4.90 Å². The first-order valence-electron chi connectivity index (χ1n) is 11.1. The van der Waals surface area contributed by atoms with E-state index in [4.69, 9.17) is 18.9 Å². The Hall–Kier alpha value is -3.18. The second-order valence-corrected chi connectivity index (χ2v) is 10.3. The maximum absolute atomic E-state index is 13.0. The number of piperazine rings is 1. The number of amides is 1. The third-order valence-corrected chi connectivity index (χ3v) is 7.20. The monoisotopic (exact) mass is 489 g/mol. The number of hydrogen-bond donors (Lipinski definition) is 0. The van der Waals surface area contributed by atoms with Gasteiger partial charge in [-0.3, -0.25) is 14.0 Å². The van der Waals surface area contributed by atoms with Crippen molar-refractivity contribution in [3.05, 3.63) is 42.0 Å². The maximum Gasteiger partial charge on any atom is 0.243 e. The van der Waals surface area contributed by atoms with E-state index in [0.717, 1.165) is 34.2 Å². The molecule has 5 rings (SSSR count). The van der Waals surface area contributed by atoms with E-state index < -0.39 is 10.0 Å². The molecule has 1 amide bonds. The van der Waals surface area contributed by atoms with Crippen molar-refractivity contribution in [2.24, 2.45) is 0 Å². The average molecular weight is 490 g/mol. The fourth-order valence-electron chi connectivity index (χ4n) is 4.26. The third-order valence-electron chi connectivity index (χ3n) is 6.06. The van der Waals surface area contributed by atoms with Crippen LogP contribution in [0.2, 0.25) is 0 Å². The zero-order chi connectivity index (χ0) is 23.7. The molecule has 0 aliphatic carbocycles. The van der Waals surface area contributed by atoms with Gasteiger partial charge in [0.2, 0.25) is 22.7 Å². The van der Waals surface area contributed by atoms with Crippen LogP contribution in [0, 0.1) is 0 Å². The van der Waals surface area contributed by atoms with Gasteiger partial charge in [-0.1, -0.05) is 6.07 Å². The third kappa shape index (κ3) is 4.85. The van der Waals surface area contributed by atoms with Gasteiger partial charge in [0.25, 0.3) is 0 Å². The first-order chi connectivity index (χ1) is 16.4. The lowest BCUT2D eigenvalue weighted by Crippen LogP contribution is -2.51. The van der Waals surface area contributed by atoms with Crippen molar-refractivity contribution in [2.75, 3.05) is 63.3 Å². The van der Waals surface area contributed by atoms with Crippen LogP contribution in [0.15, 0.2) is 36.4 Å². The summed E-state index contributed by atoms with van der Waals surface area (Å²) in [5, 5.41) is 0. The van der Waals surface area contributed by atoms with E-state index in [9.17, 15) is 13.2 Å². The Morgan fingerprint density at radius 3 is 2.29 bits per heavy atom. The lowest BCUT2D eigenvalue weighted by Gasteiger charge is -2.36. The van der Waals surface area contributed by atoms with E-state index in [-0.39, 0.29) is 19.2 Å². The molecule has 3 aliphatic rings. The SMILES string of the molecule is CS(=O)(=O)N(CC(=O)N1CCN(Cc2ccc3c(c2)OCO3)CC1)c1ccc2c(c1)OCCO2. The Bertz CT molecular complexity index is 1180. The van der Waals surface area contributed by atoms with Gasteiger partial charge in [0, 0.05) is 38.8 Å². The van der Waals surface area contributed by atoms with E-state index in [1.807, 2.05) is 18.2 Å². The number of rotatable bonds is 6. The van der Waals surface area contributed by atoms with Gasteiger partial charge in [0.15, 0.2) is 23.0 Å². The molecule has 0 saturated carbocycles. The van der Waals surface area contributed by atoms with Crippen molar-refractivity contribution in [3.8, 4) is 23.0 Å². The number of anilines is 1. The van der Waals surface area contributed by atoms with Crippen molar-refractivity contribution in [1.29, 1.82) is 0 Å². The highest BCUT2D eigenvalue weighted by molar-refractivity contribution is 7.92.